The molecule has 0 saturated heterocycles. The van der Waals surface area contributed by atoms with E-state index in [9.17, 15) is 0 Å². The van der Waals surface area contributed by atoms with Crippen LogP contribution >= 0.6 is 0 Å². The third-order valence-electron chi connectivity index (χ3n) is 0.992. The Morgan fingerprint density at radius 1 is 1.73 bits per heavy atom. The molecule has 0 saturated carbocycles. The molecule has 0 aromatic carbocycles. The first kappa shape index (κ1) is 9.37. The molecule has 0 aliphatic rings. The van der Waals surface area contributed by atoms with Crippen molar-refractivity contribution in [3.8, 4) is 6.07 Å². The highest BCUT2D eigenvalue weighted by Gasteiger charge is 1.96. The van der Waals surface area contributed by atoms with E-state index in [4.69, 9.17) is 21.5 Å². The molecule has 4 nitrogen and oxygen atoms in total. The molecule has 0 aliphatic carbocycles. The molecule has 0 radical (unpaired) electrons. The molecular formula is C7H11N3O. The Bertz CT molecular complexity index is 202. The summed E-state index contributed by atoms with van der Waals surface area (Å²) in [5.41, 5.74) is 10.7. The van der Waals surface area contributed by atoms with Crippen LogP contribution in [0.25, 0.3) is 0 Å². The Morgan fingerprint density at radius 2 is 2.36 bits per heavy atom. The zero-order valence-electron chi connectivity index (χ0n) is 6.21. The van der Waals surface area contributed by atoms with E-state index in [1.807, 2.05) is 6.07 Å². The van der Waals surface area contributed by atoms with Crippen LogP contribution in [-0.4, -0.2) is 6.61 Å². The third kappa shape index (κ3) is 3.87. The van der Waals surface area contributed by atoms with Crippen molar-refractivity contribution in [1.82, 2.24) is 0 Å². The van der Waals surface area contributed by atoms with E-state index in [-0.39, 0.29) is 0 Å². The van der Waals surface area contributed by atoms with Gasteiger partial charge in [0.05, 0.1) is 18.2 Å². The van der Waals surface area contributed by atoms with Gasteiger partial charge >= 0.3 is 0 Å². The molecule has 0 aliphatic heterocycles. The monoisotopic (exact) mass is 153 g/mol. The Labute approximate surface area is 65.7 Å². The lowest BCUT2D eigenvalue weighted by atomic mass is 10.4. The second-order valence-corrected chi connectivity index (χ2v) is 1.80. The van der Waals surface area contributed by atoms with E-state index >= 15 is 0 Å². The fourth-order valence-electron chi connectivity index (χ4n) is 0.396. The standard InChI is InChI=1S/C7H11N3O/c1-6(7(10)5-9)11-4-2-3-8/h5H,1-2,4,9-10H2/b7-5+. The minimum atomic E-state index is 0.294. The van der Waals surface area contributed by atoms with Gasteiger partial charge in [0.2, 0.25) is 0 Å². The molecule has 0 heterocycles. The van der Waals surface area contributed by atoms with E-state index in [2.05, 4.69) is 6.58 Å². The van der Waals surface area contributed by atoms with Crippen molar-refractivity contribution in [2.24, 2.45) is 11.5 Å². The van der Waals surface area contributed by atoms with Gasteiger partial charge in [-0.3, -0.25) is 0 Å². The van der Waals surface area contributed by atoms with Crippen LogP contribution in [-0.2, 0) is 4.74 Å². The van der Waals surface area contributed by atoms with Gasteiger partial charge in [-0.2, -0.15) is 5.26 Å². The highest BCUT2D eigenvalue weighted by atomic mass is 16.5. The Hall–Kier alpha value is -1.63. The van der Waals surface area contributed by atoms with E-state index in [0.29, 0.717) is 24.5 Å². The van der Waals surface area contributed by atoms with Gasteiger partial charge in [-0.05, 0) is 0 Å². The molecule has 0 aromatic rings. The van der Waals surface area contributed by atoms with Gasteiger partial charge in [0.1, 0.15) is 12.4 Å². The Kier molecular flexibility index (Phi) is 4.41. The molecule has 4 heteroatoms. The van der Waals surface area contributed by atoms with Crippen molar-refractivity contribution in [3.63, 3.8) is 0 Å². The highest BCUT2D eigenvalue weighted by Crippen LogP contribution is 2.00. The Balaban J connectivity index is 3.64. The average molecular weight is 153 g/mol. The molecule has 60 valence electrons. The van der Waals surface area contributed by atoms with Crippen LogP contribution in [0.3, 0.4) is 0 Å². The van der Waals surface area contributed by atoms with Gasteiger partial charge in [-0.15, -0.1) is 0 Å². The summed E-state index contributed by atoms with van der Waals surface area (Å²) in [5.74, 6) is 0.308. The number of nitrogens with two attached hydrogens (primary N) is 2. The summed E-state index contributed by atoms with van der Waals surface area (Å²) < 4.78 is 4.94. The minimum Gasteiger partial charge on any atom is -0.491 e. The fourth-order valence-corrected chi connectivity index (χ4v) is 0.396. The maximum atomic E-state index is 8.14. The van der Waals surface area contributed by atoms with Crippen LogP contribution in [0.5, 0.6) is 0 Å². The van der Waals surface area contributed by atoms with Crippen LogP contribution in [0.4, 0.5) is 0 Å². The first-order valence-electron chi connectivity index (χ1n) is 3.08. The summed E-state index contributed by atoms with van der Waals surface area (Å²) in [6, 6.07) is 1.92. The molecule has 4 N–H and O–H groups in total. The van der Waals surface area contributed by atoms with Crippen LogP contribution in [0.15, 0.2) is 24.2 Å². The van der Waals surface area contributed by atoms with Gasteiger partial charge in [0.25, 0.3) is 0 Å². The lowest BCUT2D eigenvalue weighted by Gasteiger charge is -2.05. The quantitative estimate of drug-likeness (QED) is 0.343. The second-order valence-electron chi connectivity index (χ2n) is 1.80. The van der Waals surface area contributed by atoms with Crippen molar-refractivity contribution in [1.29, 1.82) is 5.26 Å². The van der Waals surface area contributed by atoms with Gasteiger partial charge in [-0.1, -0.05) is 6.58 Å². The number of nitriles is 1. The predicted molar refractivity (Wildman–Crippen MR) is 41.8 cm³/mol. The number of nitrogens with zero attached hydrogens (tertiary/aromatic N) is 1. The van der Waals surface area contributed by atoms with Crippen LogP contribution in [0.1, 0.15) is 6.42 Å². The smallest absolute Gasteiger partial charge is 0.136 e. The summed E-state index contributed by atoms with van der Waals surface area (Å²) >= 11 is 0. The lowest BCUT2D eigenvalue weighted by molar-refractivity contribution is 0.228. The van der Waals surface area contributed by atoms with Gasteiger partial charge < -0.3 is 16.2 Å². The van der Waals surface area contributed by atoms with Crippen molar-refractivity contribution < 1.29 is 4.74 Å². The van der Waals surface area contributed by atoms with Gasteiger partial charge in [0, 0.05) is 6.20 Å². The summed E-state index contributed by atoms with van der Waals surface area (Å²) in [7, 11) is 0. The maximum Gasteiger partial charge on any atom is 0.136 e. The second kappa shape index (κ2) is 5.18. The maximum absolute atomic E-state index is 8.14. The van der Waals surface area contributed by atoms with Crippen molar-refractivity contribution >= 4 is 0 Å². The van der Waals surface area contributed by atoms with Gasteiger partial charge in [-0.25, -0.2) is 0 Å². The van der Waals surface area contributed by atoms with Crippen LogP contribution in [0.2, 0.25) is 0 Å². The molecule has 0 unspecified atom stereocenters. The molecule has 11 heavy (non-hydrogen) atoms. The SMILES string of the molecule is C=C(OCCC#N)/C(N)=C\N. The van der Waals surface area contributed by atoms with E-state index < -0.39 is 0 Å². The van der Waals surface area contributed by atoms with E-state index in [1.165, 1.54) is 6.20 Å². The summed E-state index contributed by atoms with van der Waals surface area (Å²) in [6.45, 7) is 3.79. The fraction of sp³-hybridized carbons (Fsp3) is 0.286. The minimum absolute atomic E-state index is 0.294. The Morgan fingerprint density at radius 3 is 2.82 bits per heavy atom. The lowest BCUT2D eigenvalue weighted by Crippen LogP contribution is -2.06. The van der Waals surface area contributed by atoms with Gasteiger partial charge in [0.15, 0.2) is 0 Å². The molecule has 0 spiro atoms. The topological polar surface area (TPSA) is 85.1 Å². The number of hydrogen-bond acceptors (Lipinski definition) is 4. The summed E-state index contributed by atoms with van der Waals surface area (Å²) in [6.07, 6.45) is 1.52. The van der Waals surface area contributed by atoms with Crippen LogP contribution in [0, 0.1) is 11.3 Å². The van der Waals surface area contributed by atoms with Crippen molar-refractivity contribution in [2.75, 3.05) is 6.61 Å². The molecule has 0 aromatic heterocycles. The molecule has 0 bridgehead atoms. The van der Waals surface area contributed by atoms with E-state index in [1.54, 1.807) is 0 Å². The molecular weight excluding hydrogens is 142 g/mol. The van der Waals surface area contributed by atoms with Crippen molar-refractivity contribution in [3.05, 3.63) is 24.2 Å². The molecule has 0 atom stereocenters. The molecule has 0 rings (SSSR count). The zero-order valence-corrected chi connectivity index (χ0v) is 6.21. The van der Waals surface area contributed by atoms with Crippen LogP contribution < -0.4 is 11.5 Å². The molecule has 0 fully saturated rings. The zero-order chi connectivity index (χ0) is 8.69. The highest BCUT2D eigenvalue weighted by molar-refractivity contribution is 5.17. The number of ether oxygens (including phenoxy) is 1. The number of hydrogen-bond donors (Lipinski definition) is 2. The predicted octanol–water partition coefficient (Wildman–Crippen LogP) is 0.189. The summed E-state index contributed by atoms with van der Waals surface area (Å²) in [5, 5.41) is 8.14. The normalized spacial score (nSPS) is 10.3. The van der Waals surface area contributed by atoms with E-state index in [0.717, 1.165) is 0 Å². The third-order valence-corrected chi connectivity index (χ3v) is 0.992. The average Bonchev–Trinajstić information content (AvgIpc) is 2.03. The summed E-state index contributed by atoms with van der Waals surface area (Å²) in [4.78, 5) is 0. The largest absolute Gasteiger partial charge is 0.491 e. The first-order chi connectivity index (χ1) is 5.22. The first-order valence-corrected chi connectivity index (χ1v) is 3.08. The van der Waals surface area contributed by atoms with Crippen molar-refractivity contribution in [2.45, 2.75) is 6.42 Å². The molecule has 0 amide bonds. The number of rotatable bonds is 4.